The molecule has 47 heavy (non-hydrogen) atoms. The van der Waals surface area contributed by atoms with Crippen molar-refractivity contribution >= 4 is 28.8 Å². The molecule has 1 aromatic carbocycles. The van der Waals surface area contributed by atoms with Crippen LogP contribution in [0.5, 0.6) is 11.6 Å². The second kappa shape index (κ2) is 11.3. The van der Waals surface area contributed by atoms with Gasteiger partial charge in [0.1, 0.15) is 24.0 Å². The van der Waals surface area contributed by atoms with E-state index < -0.39 is 59.1 Å². The number of aromatic nitrogens is 2. The lowest BCUT2D eigenvalue weighted by Gasteiger charge is -2.35. The molecule has 0 spiro atoms. The summed E-state index contributed by atoms with van der Waals surface area (Å²) in [5.41, 5.74) is -0.628. The molecule has 4 fully saturated rings. The van der Waals surface area contributed by atoms with Gasteiger partial charge in [0.05, 0.1) is 30.7 Å². The number of nitrogens with one attached hydrogen (secondary N) is 1. The second-order valence-electron chi connectivity index (χ2n) is 15.5. The van der Waals surface area contributed by atoms with Crippen LogP contribution in [0.4, 0.5) is 13.6 Å². The molecule has 2 amide bonds. The highest BCUT2D eigenvalue weighted by atomic mass is 19.3. The molecule has 1 aromatic heterocycles. The molecule has 12 heteroatoms. The SMILES string of the molecule is COc1ccc2nc3c(nc2c1)O[C@H]1CN(C(=O)[C@H](C(C)(C)C)NC(=O)O[C@@H]2CC4CC4[C@H]2CCC2CC2C3(F)F)[C@H](C(C)=O)[C@@H]1C. The standard InChI is InChI=1S/C35H44F2N4O6/c1-16-27-15-41(28(16)17(2)42)32(43)30(34(3,4)5)40-33(44)47-26-13-19-11-22(19)21(26)9-7-18-12-23(18)35(36,37)29-31(46-27)39-25-14-20(45-6)8-10-24(25)38-29/h8,10,14,16,18-19,21-23,26-28,30H,7,9,11-13,15H2,1-6H3,(H,40,44)/t16-,18?,19?,21-,22?,23?,26-,27+,28+,30-/m1/s1. The number of halogens is 2. The Bertz CT molecular complexity index is 1610. The first-order valence-corrected chi connectivity index (χ1v) is 16.9. The van der Waals surface area contributed by atoms with Crippen molar-refractivity contribution in [3.63, 3.8) is 0 Å². The van der Waals surface area contributed by atoms with Crippen LogP contribution in [0.25, 0.3) is 11.0 Å². The third-order valence-corrected chi connectivity index (χ3v) is 11.3. The van der Waals surface area contributed by atoms with Crippen molar-refractivity contribution in [3.05, 3.63) is 23.9 Å². The zero-order valence-corrected chi connectivity index (χ0v) is 27.8. The summed E-state index contributed by atoms with van der Waals surface area (Å²) in [5, 5.41) is 2.85. The molecular formula is C35H44F2N4O6. The van der Waals surface area contributed by atoms with Crippen LogP contribution in [0.3, 0.4) is 0 Å². The number of alkyl halides is 2. The Hall–Kier alpha value is -3.57. The number of fused-ring (bicyclic) bond motifs is 8. The molecule has 2 bridgehead atoms. The summed E-state index contributed by atoms with van der Waals surface area (Å²) in [6.45, 7) is 8.61. The Balaban J connectivity index is 1.30. The Kier molecular flexibility index (Phi) is 7.67. The number of hydrogen-bond acceptors (Lipinski definition) is 8. The normalized spacial score (nSPS) is 36.4. The predicted octanol–water partition coefficient (Wildman–Crippen LogP) is 5.51. The lowest BCUT2D eigenvalue weighted by Crippen LogP contribution is -2.57. The third-order valence-electron chi connectivity index (χ3n) is 11.3. The number of rotatable bonds is 2. The van der Waals surface area contributed by atoms with Crippen LogP contribution < -0.4 is 14.8 Å². The Labute approximate surface area is 273 Å². The van der Waals surface area contributed by atoms with Crippen LogP contribution in [0, 0.1) is 40.9 Å². The maximum Gasteiger partial charge on any atom is 0.408 e. The quantitative estimate of drug-likeness (QED) is 0.451. The van der Waals surface area contributed by atoms with Crippen molar-refractivity contribution in [1.29, 1.82) is 0 Å². The number of ketones is 1. The van der Waals surface area contributed by atoms with Crippen molar-refractivity contribution in [2.24, 2.45) is 40.9 Å². The maximum absolute atomic E-state index is 16.5. The Morgan fingerprint density at radius 1 is 1.02 bits per heavy atom. The number of nitrogens with zero attached hydrogens (tertiary/aromatic N) is 3. The molecule has 0 radical (unpaired) electrons. The minimum atomic E-state index is -3.32. The number of Topliss-reactive ketones (excluding diaryl/α,β-unsaturated/α-hetero) is 1. The zero-order valence-electron chi connectivity index (χ0n) is 27.8. The number of methoxy groups -OCH3 is 1. The molecule has 10 nitrogen and oxygen atoms in total. The molecule has 1 saturated heterocycles. The number of amides is 2. The van der Waals surface area contributed by atoms with Crippen LogP contribution in [0.15, 0.2) is 18.2 Å². The molecule has 254 valence electrons. The fourth-order valence-corrected chi connectivity index (χ4v) is 8.56. The molecule has 7 rings (SSSR count). The van der Waals surface area contributed by atoms with Crippen molar-refractivity contribution in [1.82, 2.24) is 20.2 Å². The molecule has 3 aliphatic carbocycles. The molecule has 4 unspecified atom stereocenters. The lowest BCUT2D eigenvalue weighted by molar-refractivity contribution is -0.141. The van der Waals surface area contributed by atoms with E-state index in [1.165, 1.54) is 18.9 Å². The summed E-state index contributed by atoms with van der Waals surface area (Å²) in [4.78, 5) is 51.1. The van der Waals surface area contributed by atoms with E-state index in [-0.39, 0.29) is 36.1 Å². The molecule has 10 atom stereocenters. The van der Waals surface area contributed by atoms with Gasteiger partial charge in [0.2, 0.25) is 11.8 Å². The summed E-state index contributed by atoms with van der Waals surface area (Å²) in [5.74, 6) is -4.55. The van der Waals surface area contributed by atoms with Crippen LogP contribution >= 0.6 is 0 Å². The lowest BCUT2D eigenvalue weighted by atomic mass is 9.85. The van der Waals surface area contributed by atoms with Gasteiger partial charge < -0.3 is 24.4 Å². The average molecular weight is 655 g/mol. The van der Waals surface area contributed by atoms with E-state index in [0.29, 0.717) is 47.9 Å². The van der Waals surface area contributed by atoms with Crippen LogP contribution in [0.1, 0.15) is 72.4 Å². The fraction of sp³-hybridized carbons (Fsp3) is 0.686. The van der Waals surface area contributed by atoms with Crippen LogP contribution in [-0.2, 0) is 20.2 Å². The largest absolute Gasteiger partial charge is 0.497 e. The van der Waals surface area contributed by atoms with Crippen molar-refractivity contribution in [2.75, 3.05) is 13.7 Å². The fourth-order valence-electron chi connectivity index (χ4n) is 8.56. The van der Waals surface area contributed by atoms with E-state index in [2.05, 4.69) is 15.3 Å². The summed E-state index contributed by atoms with van der Waals surface area (Å²) in [6, 6.07) is 2.97. The molecule has 5 aliphatic rings. The highest BCUT2D eigenvalue weighted by Gasteiger charge is 2.60. The van der Waals surface area contributed by atoms with E-state index in [1.54, 1.807) is 25.1 Å². The number of alkyl carbamates (subject to hydrolysis) is 1. The van der Waals surface area contributed by atoms with Gasteiger partial charge in [-0.25, -0.2) is 14.8 Å². The average Bonchev–Trinajstić information content (AvgIpc) is 3.90. The van der Waals surface area contributed by atoms with Crippen molar-refractivity contribution in [3.8, 4) is 11.6 Å². The van der Waals surface area contributed by atoms with Gasteiger partial charge in [-0.05, 0) is 80.2 Å². The minimum absolute atomic E-state index is 0.0590. The number of hydrogen-bond donors (Lipinski definition) is 1. The third kappa shape index (κ3) is 5.69. The second-order valence-corrected chi connectivity index (χ2v) is 15.5. The number of benzene rings is 1. The number of ether oxygens (including phenoxy) is 3. The first-order valence-electron chi connectivity index (χ1n) is 16.9. The molecule has 3 heterocycles. The molecule has 3 saturated carbocycles. The monoisotopic (exact) mass is 654 g/mol. The van der Waals surface area contributed by atoms with Gasteiger partial charge in [0.15, 0.2) is 11.5 Å². The first-order chi connectivity index (χ1) is 22.2. The van der Waals surface area contributed by atoms with Gasteiger partial charge in [-0.3, -0.25) is 9.59 Å². The molecular weight excluding hydrogens is 610 g/mol. The molecule has 2 aromatic rings. The van der Waals surface area contributed by atoms with Gasteiger partial charge in [0, 0.05) is 17.9 Å². The Morgan fingerprint density at radius 2 is 1.79 bits per heavy atom. The summed E-state index contributed by atoms with van der Waals surface area (Å²) < 4.78 is 50.7. The van der Waals surface area contributed by atoms with Crippen molar-refractivity contribution in [2.45, 2.75) is 96.9 Å². The van der Waals surface area contributed by atoms with E-state index in [9.17, 15) is 14.4 Å². The van der Waals surface area contributed by atoms with Crippen LogP contribution in [-0.4, -0.2) is 70.6 Å². The maximum atomic E-state index is 16.5. The summed E-state index contributed by atoms with van der Waals surface area (Å²) in [6.07, 6.45) is 1.62. The van der Waals surface area contributed by atoms with E-state index in [1.807, 2.05) is 20.8 Å². The number of carbonyl (C=O) groups is 3. The first kappa shape index (κ1) is 32.0. The molecule has 1 N–H and O–H groups in total. The smallest absolute Gasteiger partial charge is 0.408 e. The highest BCUT2D eigenvalue weighted by Crippen LogP contribution is 2.61. The topological polar surface area (TPSA) is 120 Å². The zero-order chi connectivity index (χ0) is 33.6. The van der Waals surface area contributed by atoms with E-state index in [0.717, 1.165) is 12.8 Å². The predicted molar refractivity (Wildman–Crippen MR) is 167 cm³/mol. The summed E-state index contributed by atoms with van der Waals surface area (Å²) >= 11 is 0. The van der Waals surface area contributed by atoms with E-state index in [4.69, 9.17) is 14.2 Å². The van der Waals surface area contributed by atoms with Gasteiger partial charge in [-0.1, -0.05) is 27.7 Å². The number of carbonyl (C=O) groups excluding carboxylic acids is 3. The van der Waals surface area contributed by atoms with Crippen LogP contribution in [0.2, 0.25) is 0 Å². The van der Waals surface area contributed by atoms with E-state index >= 15 is 8.78 Å². The van der Waals surface area contributed by atoms with Gasteiger partial charge in [0.25, 0.3) is 5.92 Å². The summed E-state index contributed by atoms with van der Waals surface area (Å²) in [7, 11) is 1.51. The molecule has 2 aliphatic heterocycles. The van der Waals surface area contributed by atoms with Crippen molar-refractivity contribution < 1.29 is 37.4 Å². The van der Waals surface area contributed by atoms with Gasteiger partial charge in [-0.15, -0.1) is 0 Å². The highest BCUT2D eigenvalue weighted by molar-refractivity contribution is 5.92. The van der Waals surface area contributed by atoms with Gasteiger partial charge >= 0.3 is 6.09 Å². The van der Waals surface area contributed by atoms with Gasteiger partial charge in [-0.2, -0.15) is 8.78 Å². The Morgan fingerprint density at radius 3 is 2.49 bits per heavy atom. The minimum Gasteiger partial charge on any atom is -0.497 e.